The van der Waals surface area contributed by atoms with E-state index >= 15 is 0 Å². The van der Waals surface area contributed by atoms with Gasteiger partial charge in [0.1, 0.15) is 0 Å². The minimum absolute atomic E-state index is 0.0148. The van der Waals surface area contributed by atoms with Crippen LogP contribution in [-0.2, 0) is 6.54 Å². The Balaban J connectivity index is 1.77. The summed E-state index contributed by atoms with van der Waals surface area (Å²) in [5.74, 6) is 0.558. The number of urea groups is 1. The molecule has 1 atom stereocenters. The molecule has 1 N–H and O–H groups in total. The van der Waals surface area contributed by atoms with Gasteiger partial charge in [-0.25, -0.2) is 4.79 Å². The van der Waals surface area contributed by atoms with E-state index in [1.165, 1.54) is 4.90 Å². The highest BCUT2D eigenvalue weighted by Crippen LogP contribution is 2.37. The van der Waals surface area contributed by atoms with E-state index in [4.69, 9.17) is 0 Å². The van der Waals surface area contributed by atoms with Crippen molar-refractivity contribution in [3.63, 3.8) is 0 Å². The Morgan fingerprint density at radius 2 is 1.87 bits per heavy atom. The quantitative estimate of drug-likeness (QED) is 0.526. The van der Waals surface area contributed by atoms with Gasteiger partial charge in [-0.15, -0.1) is 11.8 Å². The number of hydrogen-bond acceptors (Lipinski definition) is 2. The monoisotopic (exact) mass is 419 g/mol. The lowest BCUT2D eigenvalue weighted by Crippen LogP contribution is -2.42. The van der Waals surface area contributed by atoms with Crippen LogP contribution in [0.3, 0.4) is 0 Å². The number of rotatable bonds is 5. The number of nitrogens with zero attached hydrogens (tertiary/aromatic N) is 2. The molecule has 0 unspecified atom stereocenters. The van der Waals surface area contributed by atoms with Crippen LogP contribution in [0.4, 0.5) is 4.79 Å². The SMILES string of the molecule is CSc1ccc([C@@H]2c3cccn3-c3ccccc3CN2C(=O)NCCC(C)C)cc1. The van der Waals surface area contributed by atoms with Crippen molar-refractivity contribution in [2.24, 2.45) is 5.92 Å². The van der Waals surface area contributed by atoms with Gasteiger partial charge in [-0.05, 0) is 60.1 Å². The highest BCUT2D eigenvalue weighted by molar-refractivity contribution is 7.98. The molecule has 0 saturated heterocycles. The second kappa shape index (κ2) is 9.00. The molecule has 156 valence electrons. The predicted molar refractivity (Wildman–Crippen MR) is 124 cm³/mol. The lowest BCUT2D eigenvalue weighted by molar-refractivity contribution is 0.180. The maximum absolute atomic E-state index is 13.4. The number of nitrogens with one attached hydrogen (secondary N) is 1. The number of fused-ring (bicyclic) bond motifs is 3. The van der Waals surface area contributed by atoms with E-state index in [1.807, 2.05) is 11.0 Å². The molecule has 5 heteroatoms. The molecule has 1 aliphatic heterocycles. The first kappa shape index (κ1) is 20.6. The van der Waals surface area contributed by atoms with Crippen LogP contribution in [0.2, 0.25) is 0 Å². The average Bonchev–Trinajstić information content (AvgIpc) is 3.18. The number of aromatic nitrogens is 1. The van der Waals surface area contributed by atoms with Crippen molar-refractivity contribution in [2.45, 2.75) is 37.8 Å². The molecule has 0 bridgehead atoms. The summed E-state index contributed by atoms with van der Waals surface area (Å²) in [6, 6.07) is 21.0. The molecule has 1 aliphatic rings. The number of hydrogen-bond donors (Lipinski definition) is 1. The van der Waals surface area contributed by atoms with Crippen molar-refractivity contribution in [1.29, 1.82) is 0 Å². The van der Waals surface area contributed by atoms with Crippen LogP contribution in [-0.4, -0.2) is 28.3 Å². The van der Waals surface area contributed by atoms with Gasteiger partial charge in [0, 0.05) is 23.3 Å². The molecule has 4 rings (SSSR count). The number of amides is 2. The van der Waals surface area contributed by atoms with Gasteiger partial charge < -0.3 is 14.8 Å². The summed E-state index contributed by atoms with van der Waals surface area (Å²) in [4.78, 5) is 16.6. The Morgan fingerprint density at radius 3 is 2.60 bits per heavy atom. The van der Waals surface area contributed by atoms with Crippen molar-refractivity contribution < 1.29 is 4.79 Å². The molecule has 1 aromatic heterocycles. The number of carbonyl (C=O) groups is 1. The molecule has 0 spiro atoms. The summed E-state index contributed by atoms with van der Waals surface area (Å²) < 4.78 is 2.23. The van der Waals surface area contributed by atoms with Crippen LogP contribution in [0.5, 0.6) is 0 Å². The van der Waals surface area contributed by atoms with Crippen molar-refractivity contribution in [3.8, 4) is 5.69 Å². The highest BCUT2D eigenvalue weighted by Gasteiger charge is 2.32. The lowest BCUT2D eigenvalue weighted by Gasteiger charge is -2.31. The summed E-state index contributed by atoms with van der Waals surface area (Å²) in [5, 5.41) is 3.16. The zero-order valence-corrected chi connectivity index (χ0v) is 18.7. The fraction of sp³-hybridized carbons (Fsp3) is 0.320. The van der Waals surface area contributed by atoms with Crippen molar-refractivity contribution in [3.05, 3.63) is 83.7 Å². The molecule has 2 heterocycles. The van der Waals surface area contributed by atoms with Gasteiger partial charge in [0.25, 0.3) is 0 Å². The van der Waals surface area contributed by atoms with E-state index < -0.39 is 0 Å². The van der Waals surface area contributed by atoms with Gasteiger partial charge >= 0.3 is 6.03 Å². The van der Waals surface area contributed by atoms with E-state index in [2.05, 4.69) is 90.8 Å². The maximum Gasteiger partial charge on any atom is 0.318 e. The molecule has 4 nitrogen and oxygen atoms in total. The normalized spacial score (nSPS) is 15.5. The minimum Gasteiger partial charge on any atom is -0.338 e. The van der Waals surface area contributed by atoms with E-state index in [9.17, 15) is 4.79 Å². The fourth-order valence-corrected chi connectivity index (χ4v) is 4.45. The average molecular weight is 420 g/mol. The topological polar surface area (TPSA) is 37.3 Å². The van der Waals surface area contributed by atoms with Crippen LogP contribution in [0.1, 0.15) is 43.1 Å². The molecule has 0 aliphatic carbocycles. The second-order valence-electron chi connectivity index (χ2n) is 8.15. The molecule has 0 fully saturated rings. The smallest absolute Gasteiger partial charge is 0.318 e. The summed E-state index contributed by atoms with van der Waals surface area (Å²) in [6.45, 7) is 5.61. The first-order chi connectivity index (χ1) is 14.6. The van der Waals surface area contributed by atoms with Crippen LogP contribution in [0, 0.1) is 5.92 Å². The number of para-hydroxylation sites is 1. The van der Waals surface area contributed by atoms with Gasteiger partial charge in [0.05, 0.1) is 18.3 Å². The molecule has 3 aromatic rings. The Morgan fingerprint density at radius 1 is 1.10 bits per heavy atom. The Kier molecular flexibility index (Phi) is 6.18. The van der Waals surface area contributed by atoms with Crippen LogP contribution < -0.4 is 5.32 Å². The number of benzene rings is 2. The Bertz CT molecular complexity index is 1010. The summed E-state index contributed by atoms with van der Waals surface area (Å²) >= 11 is 1.73. The third-order valence-corrected chi connectivity index (χ3v) is 6.40. The van der Waals surface area contributed by atoms with Gasteiger partial charge in [0.2, 0.25) is 0 Å². The Hall–Kier alpha value is -2.66. The highest BCUT2D eigenvalue weighted by atomic mass is 32.2. The molecule has 2 amide bonds. The summed E-state index contributed by atoms with van der Waals surface area (Å²) in [5.41, 5.74) is 4.52. The Labute approximate surface area is 183 Å². The van der Waals surface area contributed by atoms with Crippen molar-refractivity contribution >= 4 is 17.8 Å². The molecule has 2 aromatic carbocycles. The van der Waals surface area contributed by atoms with E-state index in [-0.39, 0.29) is 12.1 Å². The van der Waals surface area contributed by atoms with Crippen LogP contribution in [0.15, 0.2) is 71.8 Å². The molecule has 30 heavy (non-hydrogen) atoms. The standard InChI is InChI=1S/C25H29N3OS/c1-18(2)14-15-26-25(29)28-17-20-7-4-5-8-22(20)27-16-6-9-23(27)24(28)19-10-12-21(30-3)13-11-19/h4-13,16,18,24H,14-15,17H2,1-3H3,(H,26,29)/t24-/m1/s1. The third-order valence-electron chi connectivity index (χ3n) is 5.65. The van der Waals surface area contributed by atoms with Crippen LogP contribution in [0.25, 0.3) is 5.69 Å². The fourth-order valence-electron chi connectivity index (χ4n) is 4.05. The van der Waals surface area contributed by atoms with E-state index in [0.717, 1.165) is 28.9 Å². The number of carbonyl (C=O) groups excluding carboxylic acids is 1. The van der Waals surface area contributed by atoms with Gasteiger partial charge in [-0.2, -0.15) is 0 Å². The largest absolute Gasteiger partial charge is 0.338 e. The van der Waals surface area contributed by atoms with Gasteiger partial charge in [0.15, 0.2) is 0 Å². The molecular formula is C25H29N3OS. The summed E-state index contributed by atoms with van der Waals surface area (Å²) in [6.07, 6.45) is 5.15. The summed E-state index contributed by atoms with van der Waals surface area (Å²) in [7, 11) is 0. The zero-order valence-electron chi connectivity index (χ0n) is 17.8. The van der Waals surface area contributed by atoms with Gasteiger partial charge in [-0.3, -0.25) is 0 Å². The third kappa shape index (κ3) is 4.12. The van der Waals surface area contributed by atoms with E-state index in [1.54, 1.807) is 11.8 Å². The predicted octanol–water partition coefficient (Wildman–Crippen LogP) is 5.86. The first-order valence-corrected chi connectivity index (χ1v) is 11.7. The lowest BCUT2D eigenvalue weighted by atomic mass is 10.0. The van der Waals surface area contributed by atoms with Crippen molar-refractivity contribution in [1.82, 2.24) is 14.8 Å². The molecule has 0 radical (unpaired) electrons. The van der Waals surface area contributed by atoms with Crippen molar-refractivity contribution in [2.75, 3.05) is 12.8 Å². The minimum atomic E-state index is -0.151. The van der Waals surface area contributed by atoms with E-state index in [0.29, 0.717) is 19.0 Å². The maximum atomic E-state index is 13.4. The molecular weight excluding hydrogens is 390 g/mol. The van der Waals surface area contributed by atoms with Gasteiger partial charge in [-0.1, -0.05) is 44.2 Å². The molecule has 0 saturated carbocycles. The zero-order chi connectivity index (χ0) is 21.1. The number of thioether (sulfide) groups is 1. The second-order valence-corrected chi connectivity index (χ2v) is 9.03. The van der Waals surface area contributed by atoms with Crippen LogP contribution >= 0.6 is 11.8 Å². The first-order valence-electron chi connectivity index (χ1n) is 10.5.